The highest BCUT2D eigenvalue weighted by Crippen LogP contribution is 2.24. The predicted molar refractivity (Wildman–Crippen MR) is 99.6 cm³/mol. The second-order valence-corrected chi connectivity index (χ2v) is 17.1. The molecule has 0 bridgehead atoms. The summed E-state index contributed by atoms with van der Waals surface area (Å²) in [5.74, 6) is 0. The van der Waals surface area contributed by atoms with Gasteiger partial charge >= 0.3 is 8.56 Å². The molecular formula is C13H30O8Si4. The second-order valence-electron chi connectivity index (χ2n) is 6.89. The van der Waals surface area contributed by atoms with Gasteiger partial charge in [-0.05, 0) is 32.2 Å². The Balaban J connectivity index is 1.50. The van der Waals surface area contributed by atoms with E-state index in [0.717, 1.165) is 25.7 Å². The zero-order valence-electron chi connectivity index (χ0n) is 15.5. The van der Waals surface area contributed by atoms with Crippen LogP contribution in [0.15, 0.2) is 0 Å². The van der Waals surface area contributed by atoms with Gasteiger partial charge in [0.25, 0.3) is 27.9 Å². The van der Waals surface area contributed by atoms with Gasteiger partial charge in [-0.3, -0.25) is 0 Å². The van der Waals surface area contributed by atoms with Gasteiger partial charge in [-0.2, -0.15) is 0 Å². The highest BCUT2D eigenvalue weighted by atomic mass is 28.5. The molecule has 0 aromatic rings. The van der Waals surface area contributed by atoms with E-state index in [1.54, 1.807) is 0 Å². The third-order valence-electron chi connectivity index (χ3n) is 4.17. The van der Waals surface area contributed by atoms with E-state index in [-0.39, 0.29) is 18.5 Å². The minimum atomic E-state index is -2.35. The van der Waals surface area contributed by atoms with Gasteiger partial charge in [-0.1, -0.05) is 0 Å². The molecular weight excluding hydrogens is 396 g/mol. The topological polar surface area (TPSA) is 80.4 Å². The molecule has 12 heteroatoms. The predicted octanol–water partition coefficient (Wildman–Crippen LogP) is 0.236. The van der Waals surface area contributed by atoms with Crippen LogP contribution in [0.4, 0.5) is 0 Å². The molecule has 0 saturated carbocycles. The third-order valence-corrected chi connectivity index (χ3v) is 18.1. The van der Waals surface area contributed by atoms with Crippen molar-refractivity contribution in [3.05, 3.63) is 0 Å². The Morgan fingerprint density at radius 3 is 1.84 bits per heavy atom. The first-order chi connectivity index (χ1) is 11.9. The van der Waals surface area contributed by atoms with Crippen molar-refractivity contribution in [2.45, 2.75) is 57.2 Å². The van der Waals surface area contributed by atoms with Gasteiger partial charge in [0.15, 0.2) is 6.29 Å². The Morgan fingerprint density at radius 1 is 0.920 bits per heavy atom. The summed E-state index contributed by atoms with van der Waals surface area (Å²) in [5, 5.41) is 0. The fraction of sp³-hybridized carbons (Fsp3) is 1.00. The highest BCUT2D eigenvalue weighted by Gasteiger charge is 2.40. The SMILES string of the molecule is C[SiH]1O[SiH](C)O[Si](C)(CCC(OCC2CO2)OCC2CO2)O[SiH](C)O1. The Labute approximate surface area is 155 Å². The van der Waals surface area contributed by atoms with Gasteiger partial charge < -0.3 is 35.4 Å². The summed E-state index contributed by atoms with van der Waals surface area (Å²) in [7, 11) is -7.37. The standard InChI is InChI=1S/C13H30O8Si4/c1-22-18-23(2)20-25(4,21-24(3)19-22)6-5-13(16-9-11-7-14-11)17-10-12-8-15-12/h11-13,22-24H,5-10H2,1-4H3. The van der Waals surface area contributed by atoms with E-state index < -0.39 is 36.4 Å². The normalized spacial score (nSPS) is 42.5. The summed E-state index contributed by atoms with van der Waals surface area (Å²) in [4.78, 5) is 0. The van der Waals surface area contributed by atoms with Crippen LogP contribution in [0.5, 0.6) is 0 Å². The highest BCUT2D eigenvalue weighted by molar-refractivity contribution is 6.81. The fourth-order valence-electron chi connectivity index (χ4n) is 2.83. The van der Waals surface area contributed by atoms with E-state index in [2.05, 4.69) is 19.6 Å². The van der Waals surface area contributed by atoms with Crippen LogP contribution in [0.2, 0.25) is 32.2 Å². The number of hydrogen-bond acceptors (Lipinski definition) is 8. The number of epoxide rings is 2. The first-order valence-corrected chi connectivity index (χ1v) is 17.9. The molecule has 4 atom stereocenters. The van der Waals surface area contributed by atoms with Crippen LogP contribution >= 0.6 is 0 Å². The first-order valence-electron chi connectivity index (χ1n) is 9.05. The average Bonchev–Trinajstić information content (AvgIpc) is 3.39. The minimum Gasteiger partial charge on any atom is -0.420 e. The van der Waals surface area contributed by atoms with Gasteiger partial charge in [0.2, 0.25) is 0 Å². The lowest BCUT2D eigenvalue weighted by molar-refractivity contribution is -0.148. The maximum atomic E-state index is 6.31. The molecule has 0 spiro atoms. The minimum absolute atomic E-state index is 0.220. The maximum absolute atomic E-state index is 6.31. The van der Waals surface area contributed by atoms with Crippen LogP contribution < -0.4 is 0 Å². The molecule has 25 heavy (non-hydrogen) atoms. The van der Waals surface area contributed by atoms with E-state index in [9.17, 15) is 0 Å². The van der Waals surface area contributed by atoms with Crippen LogP contribution in [0.3, 0.4) is 0 Å². The van der Waals surface area contributed by atoms with Crippen molar-refractivity contribution in [3.63, 3.8) is 0 Å². The molecule has 3 rings (SSSR count). The molecule has 3 aliphatic rings. The van der Waals surface area contributed by atoms with Crippen molar-refractivity contribution in [1.82, 2.24) is 0 Å². The lowest BCUT2D eigenvalue weighted by Gasteiger charge is -2.37. The number of rotatable bonds is 9. The molecule has 8 nitrogen and oxygen atoms in total. The maximum Gasteiger partial charge on any atom is 0.317 e. The molecule has 0 aromatic heterocycles. The molecule has 3 aliphatic heterocycles. The molecule has 146 valence electrons. The third kappa shape index (κ3) is 7.59. The van der Waals surface area contributed by atoms with Crippen molar-refractivity contribution >= 4 is 36.4 Å². The molecule has 3 heterocycles. The van der Waals surface area contributed by atoms with E-state index >= 15 is 0 Å². The Kier molecular flexibility index (Phi) is 7.43. The summed E-state index contributed by atoms with van der Waals surface area (Å²) in [6.45, 7) is 11.0. The summed E-state index contributed by atoms with van der Waals surface area (Å²) >= 11 is 0. The lowest BCUT2D eigenvalue weighted by Crippen LogP contribution is -2.53. The quantitative estimate of drug-likeness (QED) is 0.295. The fourth-order valence-corrected chi connectivity index (χ4v) is 17.5. The van der Waals surface area contributed by atoms with Gasteiger partial charge in [0.05, 0.1) is 26.4 Å². The van der Waals surface area contributed by atoms with Crippen LogP contribution in [0, 0.1) is 0 Å². The molecule has 0 radical (unpaired) electrons. The summed E-state index contributed by atoms with van der Waals surface area (Å²) < 4.78 is 46.7. The molecule has 0 N–H and O–H groups in total. The van der Waals surface area contributed by atoms with Gasteiger partial charge in [-0.15, -0.1) is 0 Å². The van der Waals surface area contributed by atoms with Gasteiger partial charge in [0, 0.05) is 6.42 Å². The van der Waals surface area contributed by atoms with Crippen molar-refractivity contribution in [2.24, 2.45) is 0 Å². The Morgan fingerprint density at radius 2 is 1.40 bits per heavy atom. The Bertz CT molecular complexity index is 395. The van der Waals surface area contributed by atoms with E-state index in [0.29, 0.717) is 13.2 Å². The molecule has 0 aliphatic carbocycles. The molecule has 4 unspecified atom stereocenters. The van der Waals surface area contributed by atoms with E-state index in [4.69, 9.17) is 35.4 Å². The second kappa shape index (κ2) is 9.16. The summed E-state index contributed by atoms with van der Waals surface area (Å²) in [6.07, 6.45) is 0.896. The van der Waals surface area contributed by atoms with Crippen molar-refractivity contribution in [2.75, 3.05) is 26.4 Å². The first kappa shape index (κ1) is 20.3. The average molecular weight is 427 g/mol. The molecule has 0 amide bonds. The van der Waals surface area contributed by atoms with Crippen molar-refractivity contribution in [1.29, 1.82) is 0 Å². The summed E-state index contributed by atoms with van der Waals surface area (Å²) in [6, 6.07) is 0.798. The van der Waals surface area contributed by atoms with E-state index in [1.165, 1.54) is 0 Å². The largest absolute Gasteiger partial charge is 0.420 e. The van der Waals surface area contributed by atoms with E-state index in [1.807, 2.05) is 6.55 Å². The molecule has 3 fully saturated rings. The van der Waals surface area contributed by atoms with Crippen LogP contribution in [0.25, 0.3) is 0 Å². The Hall–Kier alpha value is 0.548. The smallest absolute Gasteiger partial charge is 0.317 e. The zero-order chi connectivity index (χ0) is 17.9. The van der Waals surface area contributed by atoms with Gasteiger partial charge in [0.1, 0.15) is 12.2 Å². The van der Waals surface area contributed by atoms with Gasteiger partial charge in [-0.25, -0.2) is 0 Å². The monoisotopic (exact) mass is 426 g/mol. The summed E-state index contributed by atoms with van der Waals surface area (Å²) in [5.41, 5.74) is 0. The molecule has 0 aromatic carbocycles. The van der Waals surface area contributed by atoms with Crippen molar-refractivity contribution in [3.8, 4) is 0 Å². The number of hydrogen-bond donors (Lipinski definition) is 0. The van der Waals surface area contributed by atoms with Crippen LogP contribution in [-0.2, 0) is 35.4 Å². The van der Waals surface area contributed by atoms with Crippen LogP contribution in [-0.4, -0.2) is 81.3 Å². The van der Waals surface area contributed by atoms with Crippen molar-refractivity contribution < 1.29 is 35.4 Å². The van der Waals surface area contributed by atoms with Crippen LogP contribution in [0.1, 0.15) is 6.42 Å². The number of ether oxygens (including phenoxy) is 4. The molecule has 3 saturated heterocycles. The lowest BCUT2D eigenvalue weighted by atomic mass is 10.4. The zero-order valence-corrected chi connectivity index (χ0v) is 19.9.